The molecule has 9 heteroatoms. The molecule has 4 rings (SSSR count). The van der Waals surface area contributed by atoms with Crippen molar-refractivity contribution in [2.24, 2.45) is 4.40 Å². The fourth-order valence-electron chi connectivity index (χ4n) is 3.39. The van der Waals surface area contributed by atoms with Crippen LogP contribution in [0.5, 0.6) is 5.75 Å². The van der Waals surface area contributed by atoms with Crippen molar-refractivity contribution >= 4 is 33.4 Å². The first kappa shape index (κ1) is 22.8. The second-order valence-electron chi connectivity index (χ2n) is 7.42. The van der Waals surface area contributed by atoms with Gasteiger partial charge in [0.2, 0.25) is 0 Å². The molecule has 1 heterocycles. The lowest BCUT2D eigenvalue weighted by Crippen LogP contribution is -2.39. The second kappa shape index (κ2) is 9.64. The Labute approximate surface area is 197 Å². The Balaban J connectivity index is 1.53. The molecule has 1 aliphatic heterocycles. The van der Waals surface area contributed by atoms with Crippen LogP contribution in [0.2, 0.25) is 5.02 Å². The Morgan fingerprint density at radius 1 is 1.00 bits per heavy atom. The van der Waals surface area contributed by atoms with Gasteiger partial charge in [-0.3, -0.25) is 0 Å². The van der Waals surface area contributed by atoms with E-state index >= 15 is 0 Å². The molecule has 0 bridgehead atoms. The number of carbonyl (C=O) groups is 1. The van der Waals surface area contributed by atoms with E-state index in [1.54, 1.807) is 66.5 Å². The molecule has 1 aliphatic rings. The average Bonchev–Trinajstić information content (AvgIpc) is 3.10. The third-order valence-electron chi connectivity index (χ3n) is 4.98. The van der Waals surface area contributed by atoms with Crippen LogP contribution >= 0.6 is 11.6 Å². The smallest absolute Gasteiger partial charge is 0.338 e. The number of halogens is 1. The molecule has 3 aromatic rings. The van der Waals surface area contributed by atoms with Gasteiger partial charge in [0.15, 0.2) is 11.9 Å². The van der Waals surface area contributed by atoms with Crippen LogP contribution in [0, 0.1) is 0 Å². The molecule has 0 spiro atoms. The summed E-state index contributed by atoms with van der Waals surface area (Å²) in [7, 11) is -2.07. The number of sulfonamides is 1. The number of benzene rings is 3. The number of carbonyl (C=O) groups excluding carboxylic acids is 1. The Kier molecular flexibility index (Phi) is 6.67. The lowest BCUT2D eigenvalue weighted by molar-refractivity contribution is 0.0130. The van der Waals surface area contributed by atoms with Gasteiger partial charge in [0, 0.05) is 17.6 Å². The largest absolute Gasteiger partial charge is 0.490 e. The minimum absolute atomic E-state index is 0.0648. The summed E-state index contributed by atoms with van der Waals surface area (Å²) in [6.07, 6.45) is -0.712. The molecule has 0 unspecified atom stereocenters. The first-order chi connectivity index (χ1) is 15.8. The topological polar surface area (TPSA) is 85.3 Å². The maximum absolute atomic E-state index is 12.7. The summed E-state index contributed by atoms with van der Waals surface area (Å²) in [5.41, 5.74) is 0.852. The fraction of sp³-hybridized carbons (Fsp3) is 0.167. The molecule has 0 fully saturated rings. The third kappa shape index (κ3) is 5.35. The summed E-state index contributed by atoms with van der Waals surface area (Å²) >= 11 is 5.90. The molecule has 170 valence electrons. The van der Waals surface area contributed by atoms with E-state index in [1.165, 1.54) is 6.07 Å². The summed E-state index contributed by atoms with van der Waals surface area (Å²) < 4.78 is 40.3. The fourth-order valence-corrected chi connectivity index (χ4v) is 4.77. The van der Waals surface area contributed by atoms with Crippen LogP contribution in [0.4, 0.5) is 0 Å². The Morgan fingerprint density at radius 2 is 1.67 bits per heavy atom. The lowest BCUT2D eigenvalue weighted by Gasteiger charge is -2.25. The van der Waals surface area contributed by atoms with E-state index in [1.807, 2.05) is 18.2 Å². The molecule has 0 aliphatic carbocycles. The zero-order valence-electron chi connectivity index (χ0n) is 17.7. The van der Waals surface area contributed by atoms with Gasteiger partial charge in [-0.15, -0.1) is 4.40 Å². The maximum Gasteiger partial charge on any atom is 0.338 e. The standard InChI is InChI=1S/C24H21ClN2O5S/c1-27(23-21-9-5-6-10-22(21)33(29,30)26-23)15-20(16-31-19-7-3-2-4-8-19)32-24(28)17-11-13-18(25)14-12-17/h2-14,20H,15-16H2,1H3/t20-/m0/s1. The van der Waals surface area contributed by atoms with E-state index in [-0.39, 0.29) is 23.9 Å². The molecule has 1 atom stereocenters. The molecular weight excluding hydrogens is 464 g/mol. The van der Waals surface area contributed by atoms with Crippen LogP contribution in [-0.4, -0.2) is 51.4 Å². The van der Waals surface area contributed by atoms with E-state index in [4.69, 9.17) is 21.1 Å². The number of fused-ring (bicyclic) bond motifs is 1. The van der Waals surface area contributed by atoms with Crippen molar-refractivity contribution in [1.29, 1.82) is 0 Å². The number of likely N-dealkylation sites (N-methyl/N-ethyl adjacent to an activating group) is 1. The first-order valence-electron chi connectivity index (χ1n) is 10.1. The number of esters is 1. The van der Waals surface area contributed by atoms with Crippen LogP contribution in [0.3, 0.4) is 0 Å². The minimum atomic E-state index is -3.77. The van der Waals surface area contributed by atoms with E-state index < -0.39 is 22.1 Å². The summed E-state index contributed by atoms with van der Waals surface area (Å²) in [5.74, 6) is 0.375. The average molecular weight is 485 g/mol. The predicted molar refractivity (Wildman–Crippen MR) is 125 cm³/mol. The van der Waals surface area contributed by atoms with Gasteiger partial charge in [-0.2, -0.15) is 8.42 Å². The number of amidine groups is 1. The molecule has 0 N–H and O–H groups in total. The SMILES string of the molecule is CN(C[C@@H](COc1ccccc1)OC(=O)c1ccc(Cl)cc1)C1=NS(=O)(=O)c2ccccc21. The number of hydrogen-bond donors (Lipinski definition) is 0. The van der Waals surface area contributed by atoms with Crippen LogP contribution in [0.15, 0.2) is 88.2 Å². The number of ether oxygens (including phenoxy) is 2. The van der Waals surface area contributed by atoms with Crippen molar-refractivity contribution in [2.75, 3.05) is 20.2 Å². The Hall–Kier alpha value is -3.36. The zero-order chi connectivity index (χ0) is 23.4. The molecule has 0 amide bonds. The zero-order valence-corrected chi connectivity index (χ0v) is 19.3. The van der Waals surface area contributed by atoms with Gasteiger partial charge >= 0.3 is 5.97 Å². The summed E-state index contributed by atoms with van der Waals surface area (Å²) in [6, 6.07) is 22.1. The molecule has 0 radical (unpaired) electrons. The molecule has 33 heavy (non-hydrogen) atoms. The van der Waals surface area contributed by atoms with Crippen LogP contribution in [0.25, 0.3) is 0 Å². The van der Waals surface area contributed by atoms with Gasteiger partial charge in [-0.1, -0.05) is 41.9 Å². The number of para-hydroxylation sites is 1. The molecular formula is C24H21ClN2O5S. The van der Waals surface area contributed by atoms with E-state index in [0.717, 1.165) is 0 Å². The van der Waals surface area contributed by atoms with Crippen LogP contribution in [-0.2, 0) is 14.8 Å². The van der Waals surface area contributed by atoms with Gasteiger partial charge in [-0.05, 0) is 48.5 Å². The highest BCUT2D eigenvalue weighted by Crippen LogP contribution is 2.27. The van der Waals surface area contributed by atoms with Crippen molar-refractivity contribution in [1.82, 2.24) is 4.90 Å². The van der Waals surface area contributed by atoms with Crippen molar-refractivity contribution in [3.05, 3.63) is 95.0 Å². The van der Waals surface area contributed by atoms with Crippen LogP contribution < -0.4 is 4.74 Å². The molecule has 0 aromatic heterocycles. The summed E-state index contributed by atoms with van der Waals surface area (Å²) in [5, 5.41) is 0.509. The molecule has 0 saturated carbocycles. The van der Waals surface area contributed by atoms with Gasteiger partial charge < -0.3 is 14.4 Å². The van der Waals surface area contributed by atoms with E-state index in [9.17, 15) is 13.2 Å². The monoisotopic (exact) mass is 484 g/mol. The number of rotatable bonds is 7. The minimum Gasteiger partial charge on any atom is -0.490 e. The van der Waals surface area contributed by atoms with Gasteiger partial charge in [0.1, 0.15) is 17.3 Å². The lowest BCUT2D eigenvalue weighted by atomic mass is 10.2. The first-order valence-corrected chi connectivity index (χ1v) is 12.0. The number of hydrogen-bond acceptors (Lipinski definition) is 6. The van der Waals surface area contributed by atoms with Crippen molar-refractivity contribution in [3.8, 4) is 5.75 Å². The maximum atomic E-state index is 12.7. The van der Waals surface area contributed by atoms with E-state index in [0.29, 0.717) is 21.9 Å². The normalized spacial score (nSPS) is 14.7. The van der Waals surface area contributed by atoms with Gasteiger partial charge in [0.05, 0.1) is 12.1 Å². The quantitative estimate of drug-likeness (QED) is 0.471. The highest BCUT2D eigenvalue weighted by atomic mass is 35.5. The summed E-state index contributed by atoms with van der Waals surface area (Å²) in [6.45, 7) is 0.226. The van der Waals surface area contributed by atoms with E-state index in [2.05, 4.69) is 4.40 Å². The Bertz CT molecular complexity index is 1280. The van der Waals surface area contributed by atoms with Crippen molar-refractivity contribution in [3.63, 3.8) is 0 Å². The molecule has 0 saturated heterocycles. The van der Waals surface area contributed by atoms with Gasteiger partial charge in [-0.25, -0.2) is 4.79 Å². The van der Waals surface area contributed by atoms with Gasteiger partial charge in [0.25, 0.3) is 10.0 Å². The highest BCUT2D eigenvalue weighted by molar-refractivity contribution is 7.90. The second-order valence-corrected chi connectivity index (χ2v) is 9.43. The predicted octanol–water partition coefficient (Wildman–Crippen LogP) is 4.03. The summed E-state index contributed by atoms with van der Waals surface area (Å²) in [4.78, 5) is 14.5. The Morgan fingerprint density at radius 3 is 2.39 bits per heavy atom. The van der Waals surface area contributed by atoms with Crippen molar-refractivity contribution < 1.29 is 22.7 Å². The molecule has 3 aromatic carbocycles. The molecule has 7 nitrogen and oxygen atoms in total. The third-order valence-corrected chi connectivity index (χ3v) is 6.56. The van der Waals surface area contributed by atoms with Crippen molar-refractivity contribution in [2.45, 2.75) is 11.0 Å². The highest BCUT2D eigenvalue weighted by Gasteiger charge is 2.32. The number of nitrogens with zero attached hydrogens (tertiary/aromatic N) is 2. The van der Waals surface area contributed by atoms with Crippen LogP contribution in [0.1, 0.15) is 15.9 Å².